The van der Waals surface area contributed by atoms with E-state index in [0.717, 1.165) is 77.4 Å². The number of hydrogen-bond donors (Lipinski definition) is 0. The molecule has 0 atom stereocenters. The van der Waals surface area contributed by atoms with E-state index in [9.17, 15) is 4.79 Å². The Bertz CT molecular complexity index is 497. The van der Waals surface area contributed by atoms with Gasteiger partial charge in [-0.25, -0.2) is 0 Å². The molecule has 38 heavy (non-hydrogen) atoms. The van der Waals surface area contributed by atoms with Crippen LogP contribution < -0.4 is 0 Å². The van der Waals surface area contributed by atoms with Gasteiger partial charge >= 0.3 is 5.97 Å². The molecule has 0 saturated heterocycles. The van der Waals surface area contributed by atoms with Crippen molar-refractivity contribution < 1.29 is 19.0 Å². The molecule has 0 amide bonds. The highest BCUT2D eigenvalue weighted by Crippen LogP contribution is 2.14. The second-order valence-electron chi connectivity index (χ2n) is 10.7. The second-order valence-corrected chi connectivity index (χ2v) is 10.7. The third kappa shape index (κ3) is 29.4. The second kappa shape index (κ2) is 32.1. The maximum atomic E-state index is 11.2. The lowest BCUT2D eigenvalue weighted by atomic mass is 10.1. The van der Waals surface area contributed by atoms with Crippen LogP contribution in [0.5, 0.6) is 0 Å². The molecule has 0 aliphatic heterocycles. The van der Waals surface area contributed by atoms with E-state index < -0.39 is 0 Å². The maximum Gasteiger partial charge on any atom is 0.305 e. The van der Waals surface area contributed by atoms with E-state index in [1.807, 2.05) is 0 Å². The first kappa shape index (κ1) is 36.9. The van der Waals surface area contributed by atoms with Gasteiger partial charge in [0.1, 0.15) is 0 Å². The predicted octanol–water partition coefficient (Wildman–Crippen LogP) is 10.6. The van der Waals surface area contributed by atoms with Gasteiger partial charge in [-0.2, -0.15) is 0 Å². The van der Waals surface area contributed by atoms with Gasteiger partial charge in [0, 0.05) is 6.42 Å². The fourth-order valence-electron chi connectivity index (χ4n) is 4.46. The fraction of sp³-hybridized carbons (Fsp3) is 0.853. The van der Waals surface area contributed by atoms with Crippen molar-refractivity contribution in [3.8, 4) is 0 Å². The smallest absolute Gasteiger partial charge is 0.305 e. The molecule has 0 heterocycles. The molecule has 4 nitrogen and oxygen atoms in total. The quantitative estimate of drug-likeness (QED) is 0.0396. The zero-order chi connectivity index (χ0) is 27.8. The van der Waals surface area contributed by atoms with Crippen LogP contribution in [0.2, 0.25) is 0 Å². The summed E-state index contributed by atoms with van der Waals surface area (Å²) in [4.78, 5) is 11.2. The molecule has 0 unspecified atom stereocenters. The lowest BCUT2D eigenvalue weighted by Crippen LogP contribution is -2.18. The van der Waals surface area contributed by atoms with Crippen molar-refractivity contribution >= 4 is 5.97 Å². The average Bonchev–Trinajstić information content (AvgIpc) is 2.93. The molecule has 0 aromatic rings. The number of carbonyl (C=O) groups excluding carboxylic acids is 1. The van der Waals surface area contributed by atoms with Gasteiger partial charge in [-0.05, 0) is 70.6 Å². The molecule has 0 bridgehead atoms. The summed E-state index contributed by atoms with van der Waals surface area (Å²) in [5.41, 5.74) is 0. The zero-order valence-electron chi connectivity index (χ0n) is 25.7. The summed E-state index contributed by atoms with van der Waals surface area (Å²) in [6.45, 7) is 6.07. The van der Waals surface area contributed by atoms with Gasteiger partial charge in [0.15, 0.2) is 6.29 Å². The largest absolute Gasteiger partial charge is 0.469 e. The molecular formula is C34H64O4. The Morgan fingerprint density at radius 1 is 0.553 bits per heavy atom. The molecule has 0 saturated carbocycles. The highest BCUT2D eigenvalue weighted by atomic mass is 16.7. The molecule has 0 spiro atoms. The highest BCUT2D eigenvalue weighted by Gasteiger charge is 2.09. The van der Waals surface area contributed by atoms with E-state index >= 15 is 0 Å². The predicted molar refractivity (Wildman–Crippen MR) is 164 cm³/mol. The number of carbonyl (C=O) groups is 1. The minimum atomic E-state index is -0.101. The first-order valence-electron chi connectivity index (χ1n) is 16.3. The molecule has 0 aromatic carbocycles. The Balaban J connectivity index is 4.04. The summed E-state index contributed by atoms with van der Waals surface area (Å²) in [5.74, 6) is -0.101. The molecule has 0 aliphatic rings. The van der Waals surface area contributed by atoms with Crippen LogP contribution >= 0.6 is 0 Å². The standard InChI is InChI=1S/C34H64O4/c1-4-6-8-10-12-14-16-18-23-27-31-37-34(30-26-22-20-21-25-29-33(35)36-3)38-32-28-24-19-17-15-13-11-9-7-5-2/h16-19,34H,4-15,20-32H2,1-3H3/b18-16-,19-17-. The summed E-state index contributed by atoms with van der Waals surface area (Å²) in [6, 6.07) is 0. The highest BCUT2D eigenvalue weighted by molar-refractivity contribution is 5.68. The van der Waals surface area contributed by atoms with Gasteiger partial charge < -0.3 is 14.2 Å². The van der Waals surface area contributed by atoms with Crippen LogP contribution in [-0.4, -0.2) is 32.6 Å². The number of rotatable bonds is 30. The number of hydrogen-bond acceptors (Lipinski definition) is 4. The van der Waals surface area contributed by atoms with Crippen LogP contribution in [0.1, 0.15) is 162 Å². The van der Waals surface area contributed by atoms with Crippen molar-refractivity contribution in [2.45, 2.75) is 168 Å². The lowest BCUT2D eigenvalue weighted by Gasteiger charge is -2.18. The monoisotopic (exact) mass is 536 g/mol. The number of unbranched alkanes of at least 4 members (excludes halogenated alkanes) is 16. The van der Waals surface area contributed by atoms with E-state index in [1.54, 1.807) is 0 Å². The van der Waals surface area contributed by atoms with E-state index in [2.05, 4.69) is 38.2 Å². The van der Waals surface area contributed by atoms with Crippen LogP contribution in [0.25, 0.3) is 0 Å². The molecule has 224 valence electrons. The Hall–Kier alpha value is -1.13. The number of allylic oxidation sites excluding steroid dienone is 4. The Morgan fingerprint density at radius 3 is 1.47 bits per heavy atom. The maximum absolute atomic E-state index is 11.2. The lowest BCUT2D eigenvalue weighted by molar-refractivity contribution is -0.147. The zero-order valence-corrected chi connectivity index (χ0v) is 25.7. The summed E-state index contributed by atoms with van der Waals surface area (Å²) < 4.78 is 17.0. The van der Waals surface area contributed by atoms with Crippen LogP contribution in [0, 0.1) is 0 Å². The van der Waals surface area contributed by atoms with Gasteiger partial charge in [-0.1, -0.05) is 109 Å². The molecular weight excluding hydrogens is 472 g/mol. The molecule has 0 fully saturated rings. The van der Waals surface area contributed by atoms with Crippen LogP contribution in [0.3, 0.4) is 0 Å². The number of methoxy groups -OCH3 is 1. The van der Waals surface area contributed by atoms with Gasteiger partial charge in [0.05, 0.1) is 20.3 Å². The van der Waals surface area contributed by atoms with Gasteiger partial charge in [-0.3, -0.25) is 4.79 Å². The first-order valence-corrected chi connectivity index (χ1v) is 16.3. The summed E-state index contributed by atoms with van der Waals surface area (Å²) in [5, 5.41) is 0. The van der Waals surface area contributed by atoms with Gasteiger partial charge in [0.25, 0.3) is 0 Å². The summed E-state index contributed by atoms with van der Waals surface area (Å²) in [6.07, 6.45) is 36.4. The topological polar surface area (TPSA) is 44.8 Å². The SMILES string of the molecule is CCCCCCC/C=C\CCCOC(CCCCCCCC(=O)OC)OCCC/C=C\CCCCCCC. The average molecular weight is 537 g/mol. The van der Waals surface area contributed by atoms with Gasteiger partial charge in [0.2, 0.25) is 0 Å². The van der Waals surface area contributed by atoms with Crippen LogP contribution in [-0.2, 0) is 19.0 Å². The van der Waals surface area contributed by atoms with Crippen LogP contribution in [0.4, 0.5) is 0 Å². The van der Waals surface area contributed by atoms with Gasteiger partial charge in [-0.15, -0.1) is 0 Å². The van der Waals surface area contributed by atoms with Crippen molar-refractivity contribution in [1.82, 2.24) is 0 Å². The van der Waals surface area contributed by atoms with Crippen molar-refractivity contribution in [3.05, 3.63) is 24.3 Å². The van der Waals surface area contributed by atoms with Crippen molar-refractivity contribution in [3.63, 3.8) is 0 Å². The Morgan fingerprint density at radius 2 is 0.974 bits per heavy atom. The third-order valence-corrected chi connectivity index (χ3v) is 6.97. The minimum Gasteiger partial charge on any atom is -0.469 e. The molecule has 0 aliphatic carbocycles. The first-order chi connectivity index (χ1) is 18.7. The molecule has 0 rings (SSSR count). The Kier molecular flexibility index (Phi) is 31.1. The van der Waals surface area contributed by atoms with E-state index in [4.69, 9.17) is 14.2 Å². The van der Waals surface area contributed by atoms with Crippen LogP contribution in [0.15, 0.2) is 24.3 Å². The van der Waals surface area contributed by atoms with Crippen molar-refractivity contribution in [2.24, 2.45) is 0 Å². The number of esters is 1. The van der Waals surface area contributed by atoms with E-state index in [1.165, 1.54) is 84.2 Å². The normalized spacial score (nSPS) is 11.9. The third-order valence-electron chi connectivity index (χ3n) is 6.97. The fourth-order valence-corrected chi connectivity index (χ4v) is 4.46. The summed E-state index contributed by atoms with van der Waals surface area (Å²) >= 11 is 0. The van der Waals surface area contributed by atoms with Crippen molar-refractivity contribution in [2.75, 3.05) is 20.3 Å². The molecule has 0 aromatic heterocycles. The van der Waals surface area contributed by atoms with E-state index in [0.29, 0.717) is 6.42 Å². The molecule has 0 radical (unpaired) electrons. The van der Waals surface area contributed by atoms with Crippen molar-refractivity contribution in [1.29, 1.82) is 0 Å². The Labute approximate surface area is 237 Å². The molecule has 4 heteroatoms. The van der Waals surface area contributed by atoms with E-state index in [-0.39, 0.29) is 12.3 Å². The minimum absolute atomic E-state index is 0.0878. The number of ether oxygens (including phenoxy) is 3. The summed E-state index contributed by atoms with van der Waals surface area (Å²) in [7, 11) is 1.46. The molecule has 0 N–H and O–H groups in total.